The molecular weight excluding hydrogens is 547 g/mol. The monoisotopic (exact) mass is 578 g/mol. The van der Waals surface area contributed by atoms with Gasteiger partial charge in [-0.25, -0.2) is 19.2 Å². The number of carbonyl (C=O) groups is 2. The van der Waals surface area contributed by atoms with E-state index in [1.165, 1.54) is 28.4 Å². The number of amides is 2. The van der Waals surface area contributed by atoms with Crippen molar-refractivity contribution in [3.8, 4) is 10.4 Å². The molecule has 0 radical (unpaired) electrons. The van der Waals surface area contributed by atoms with E-state index in [9.17, 15) is 14.0 Å². The molecule has 2 aromatic carbocycles. The smallest absolute Gasteiger partial charge is 0.410 e. The van der Waals surface area contributed by atoms with Crippen molar-refractivity contribution in [1.82, 2.24) is 24.3 Å². The summed E-state index contributed by atoms with van der Waals surface area (Å²) in [6, 6.07) is 11.4. The molecule has 10 nitrogen and oxygen atoms in total. The van der Waals surface area contributed by atoms with Crippen molar-refractivity contribution < 1.29 is 23.5 Å². The van der Waals surface area contributed by atoms with E-state index in [0.717, 1.165) is 16.0 Å². The number of aryl methyl sites for hydroxylation is 1. The molecule has 2 aliphatic heterocycles. The first-order chi connectivity index (χ1) is 19.8. The number of nitrogens with zero attached hydrogens (tertiary/aromatic N) is 5. The first-order valence-corrected chi connectivity index (χ1v) is 14.3. The highest BCUT2D eigenvalue weighted by atomic mass is 32.1. The molecule has 2 aromatic heterocycles. The number of carbonyl (C=O) groups excluding carboxylic acids is 2. The summed E-state index contributed by atoms with van der Waals surface area (Å²) in [5, 5.41) is 4.02. The van der Waals surface area contributed by atoms with Gasteiger partial charge in [-0.05, 0) is 25.0 Å². The number of benzene rings is 2. The van der Waals surface area contributed by atoms with Crippen molar-refractivity contribution in [2.24, 2.45) is 0 Å². The van der Waals surface area contributed by atoms with Crippen LogP contribution in [-0.2, 0) is 27.4 Å². The molecule has 0 saturated carbocycles. The van der Waals surface area contributed by atoms with Crippen LogP contribution in [0.25, 0.3) is 21.5 Å². The fraction of sp³-hybridized carbons (Fsp3) is 0.379. The number of imidazole rings is 1. The molecule has 0 aliphatic carbocycles. The van der Waals surface area contributed by atoms with Crippen molar-refractivity contribution in [3.63, 3.8) is 0 Å². The SMILES string of the molecule is COC1CN(C)C(=O)[C@@H]2C[C@@H](CN2C(=O)OCc2ccccc2)Nc2ncc(s2)-c2cc(F)cc3nc(C)n(c23)C1. The summed E-state index contributed by atoms with van der Waals surface area (Å²) >= 11 is 1.39. The number of likely N-dealkylation sites (tertiary alicyclic amines) is 1. The van der Waals surface area contributed by atoms with E-state index in [4.69, 9.17) is 9.47 Å². The van der Waals surface area contributed by atoms with Gasteiger partial charge in [-0.15, -0.1) is 0 Å². The summed E-state index contributed by atoms with van der Waals surface area (Å²) in [5.41, 5.74) is 2.89. The largest absolute Gasteiger partial charge is 0.445 e. The van der Waals surface area contributed by atoms with Crippen molar-refractivity contribution >= 4 is 39.5 Å². The van der Waals surface area contributed by atoms with Crippen LogP contribution >= 0.6 is 11.3 Å². The van der Waals surface area contributed by atoms with Crippen LogP contribution in [-0.4, -0.2) is 81.8 Å². The number of thiazole rings is 1. The number of fused-ring (bicyclic) bond motifs is 5. The second-order valence-electron chi connectivity index (χ2n) is 10.5. The number of rotatable bonds is 3. The van der Waals surface area contributed by atoms with E-state index in [-0.39, 0.29) is 43.6 Å². The number of likely N-dealkylation sites (N-methyl/N-ethyl adjacent to an activating group) is 1. The lowest BCUT2D eigenvalue weighted by Crippen LogP contribution is -2.49. The number of hydrogen-bond donors (Lipinski definition) is 1. The lowest BCUT2D eigenvalue weighted by molar-refractivity contribution is -0.136. The summed E-state index contributed by atoms with van der Waals surface area (Å²) in [7, 11) is 3.32. The second-order valence-corrected chi connectivity index (χ2v) is 11.5. The standard InChI is InChI=1S/C29H31FN6O4S/c1-17-32-23-10-19(30)9-22-25-12-31-28(41-25)33-20-11-24(27(37)34(2)14-21(39-3)15-35(17)26(22)23)36(13-20)29(38)40-16-18-7-5-4-6-8-18/h4-10,12,20-21,24H,11,13-16H2,1-3H3,(H,31,33)/t20-,21?,24-/m0/s1. The van der Waals surface area contributed by atoms with Gasteiger partial charge < -0.3 is 24.3 Å². The number of hydrogen-bond acceptors (Lipinski definition) is 8. The zero-order valence-corrected chi connectivity index (χ0v) is 23.9. The normalized spacial score (nSPS) is 21.0. The van der Waals surface area contributed by atoms with Crippen molar-refractivity contribution in [2.75, 3.05) is 32.6 Å². The van der Waals surface area contributed by atoms with Gasteiger partial charge in [-0.2, -0.15) is 0 Å². The molecule has 1 unspecified atom stereocenters. The molecule has 41 heavy (non-hydrogen) atoms. The number of nitrogens with one attached hydrogen (secondary N) is 1. The third-order valence-corrected chi connectivity index (χ3v) is 8.66. The molecule has 4 aromatic rings. The molecule has 12 heteroatoms. The van der Waals surface area contributed by atoms with E-state index in [1.807, 2.05) is 41.8 Å². The Kier molecular flexibility index (Phi) is 7.35. The maximum absolute atomic E-state index is 14.7. The van der Waals surface area contributed by atoms with Gasteiger partial charge in [0.2, 0.25) is 5.91 Å². The van der Waals surface area contributed by atoms with Gasteiger partial charge in [0.25, 0.3) is 0 Å². The molecule has 214 valence electrons. The molecule has 0 spiro atoms. The van der Waals surface area contributed by atoms with Gasteiger partial charge >= 0.3 is 6.09 Å². The van der Waals surface area contributed by atoms with Crippen molar-refractivity contribution in [1.29, 1.82) is 0 Å². The molecule has 6 rings (SSSR count). The van der Waals surface area contributed by atoms with E-state index < -0.39 is 12.1 Å². The van der Waals surface area contributed by atoms with E-state index in [0.29, 0.717) is 35.0 Å². The average molecular weight is 579 g/mol. The lowest BCUT2D eigenvalue weighted by Gasteiger charge is -2.29. The van der Waals surface area contributed by atoms with Gasteiger partial charge in [0, 0.05) is 51.1 Å². The Morgan fingerprint density at radius 2 is 2.00 bits per heavy atom. The van der Waals surface area contributed by atoms with Gasteiger partial charge in [0.05, 0.1) is 28.6 Å². The molecule has 2 aliphatic rings. The third-order valence-electron chi connectivity index (χ3n) is 7.70. The van der Waals surface area contributed by atoms with Crippen LogP contribution < -0.4 is 5.32 Å². The van der Waals surface area contributed by atoms with E-state index in [2.05, 4.69) is 15.3 Å². The third kappa shape index (κ3) is 5.36. The van der Waals surface area contributed by atoms with Crippen molar-refractivity contribution in [3.05, 3.63) is 65.9 Å². The van der Waals surface area contributed by atoms with Crippen molar-refractivity contribution in [2.45, 2.75) is 44.7 Å². The van der Waals surface area contributed by atoms with Gasteiger partial charge in [0.1, 0.15) is 24.3 Å². The quantitative estimate of drug-likeness (QED) is 0.387. The number of anilines is 1. The summed E-state index contributed by atoms with van der Waals surface area (Å²) in [4.78, 5) is 40.1. The zero-order valence-electron chi connectivity index (χ0n) is 23.0. The maximum atomic E-state index is 14.7. The highest BCUT2D eigenvalue weighted by Gasteiger charge is 2.42. The van der Waals surface area contributed by atoms with Crippen LogP contribution in [0.2, 0.25) is 0 Å². The number of aromatic nitrogens is 3. The Labute approximate surface area is 240 Å². The minimum Gasteiger partial charge on any atom is -0.445 e. The Morgan fingerprint density at radius 3 is 2.78 bits per heavy atom. The fourth-order valence-electron chi connectivity index (χ4n) is 5.64. The Balaban J connectivity index is 1.35. The first-order valence-electron chi connectivity index (χ1n) is 13.4. The number of halogens is 1. The zero-order chi connectivity index (χ0) is 28.7. The lowest BCUT2D eigenvalue weighted by atomic mass is 10.1. The summed E-state index contributed by atoms with van der Waals surface area (Å²) in [6.45, 7) is 2.94. The van der Waals surface area contributed by atoms with Gasteiger partial charge in [-0.1, -0.05) is 41.7 Å². The topological polar surface area (TPSA) is 102 Å². The van der Waals surface area contributed by atoms with Crippen LogP contribution in [0.4, 0.5) is 14.3 Å². The minimum atomic E-state index is -0.712. The van der Waals surface area contributed by atoms with E-state index in [1.54, 1.807) is 25.3 Å². The Hall–Kier alpha value is -4.03. The van der Waals surface area contributed by atoms with Gasteiger partial charge in [-0.3, -0.25) is 9.69 Å². The molecule has 1 fully saturated rings. The molecule has 4 heterocycles. The summed E-state index contributed by atoms with van der Waals surface area (Å²) < 4.78 is 28.1. The average Bonchev–Trinajstić information content (AvgIpc) is 3.68. The summed E-state index contributed by atoms with van der Waals surface area (Å²) in [6.07, 6.45) is 1.18. The first kappa shape index (κ1) is 27.2. The highest BCUT2D eigenvalue weighted by molar-refractivity contribution is 7.19. The molecule has 4 bridgehead atoms. The molecule has 3 atom stereocenters. The summed E-state index contributed by atoms with van der Waals surface area (Å²) in [5.74, 6) is 0.133. The number of methoxy groups -OCH3 is 1. The van der Waals surface area contributed by atoms with E-state index >= 15 is 0 Å². The Morgan fingerprint density at radius 1 is 1.20 bits per heavy atom. The maximum Gasteiger partial charge on any atom is 0.410 e. The second kappa shape index (κ2) is 11.1. The van der Waals surface area contributed by atoms with Crippen LogP contribution in [0.1, 0.15) is 17.8 Å². The fourth-order valence-corrected chi connectivity index (χ4v) is 6.55. The van der Waals surface area contributed by atoms with Gasteiger partial charge in [0.15, 0.2) is 5.13 Å². The number of ether oxygens (including phenoxy) is 2. The predicted molar refractivity (Wildman–Crippen MR) is 153 cm³/mol. The van der Waals surface area contributed by atoms with Crippen LogP contribution in [0.15, 0.2) is 48.7 Å². The molecule has 1 N–H and O–H groups in total. The van der Waals surface area contributed by atoms with Crippen LogP contribution in [0.3, 0.4) is 0 Å². The Bertz CT molecular complexity index is 1590. The minimum absolute atomic E-state index is 0.112. The van der Waals surface area contributed by atoms with Crippen LogP contribution in [0.5, 0.6) is 0 Å². The molecule has 1 saturated heterocycles. The molecule has 2 amide bonds. The molecular formula is C29H31FN6O4S. The predicted octanol–water partition coefficient (Wildman–Crippen LogP) is 4.29. The van der Waals surface area contributed by atoms with Crippen LogP contribution in [0, 0.1) is 12.7 Å². The highest BCUT2D eigenvalue weighted by Crippen LogP contribution is 2.37.